The van der Waals surface area contributed by atoms with E-state index in [0.29, 0.717) is 24.5 Å². The smallest absolute Gasteiger partial charge is 0.417 e. The lowest BCUT2D eigenvalue weighted by atomic mass is 10.1. The van der Waals surface area contributed by atoms with Gasteiger partial charge in [-0.1, -0.05) is 23.7 Å². The van der Waals surface area contributed by atoms with E-state index in [2.05, 4.69) is 10.3 Å². The highest BCUT2D eigenvalue weighted by molar-refractivity contribution is 6.31. The lowest BCUT2D eigenvalue weighted by molar-refractivity contribution is -0.137. The average molecular weight is 386 g/mol. The van der Waals surface area contributed by atoms with Gasteiger partial charge in [-0.25, -0.2) is 9.78 Å². The summed E-state index contributed by atoms with van der Waals surface area (Å²) in [6, 6.07) is 8.48. The number of carbonyl (C=O) groups is 1. The van der Waals surface area contributed by atoms with Crippen molar-refractivity contribution in [1.29, 1.82) is 0 Å². The van der Waals surface area contributed by atoms with Crippen LogP contribution >= 0.6 is 11.6 Å². The number of urea groups is 1. The summed E-state index contributed by atoms with van der Waals surface area (Å²) >= 11 is 5.57. The lowest BCUT2D eigenvalue weighted by Crippen LogP contribution is -2.58. The SMILES string of the molecule is O=C(NCc1ccc(Cl)c(C(F)(F)F)c1)N1CC(Oc2ccccn2)C1. The number of benzene rings is 1. The van der Waals surface area contributed by atoms with Crippen molar-refractivity contribution >= 4 is 17.6 Å². The Morgan fingerprint density at radius 3 is 2.73 bits per heavy atom. The number of carbonyl (C=O) groups excluding carboxylic acids is 1. The zero-order chi connectivity index (χ0) is 18.7. The minimum Gasteiger partial charge on any atom is -0.471 e. The Labute approximate surface area is 152 Å². The monoisotopic (exact) mass is 385 g/mol. The quantitative estimate of drug-likeness (QED) is 0.872. The number of alkyl halides is 3. The number of nitrogens with one attached hydrogen (secondary N) is 1. The first-order valence-corrected chi connectivity index (χ1v) is 8.17. The van der Waals surface area contributed by atoms with Gasteiger partial charge >= 0.3 is 12.2 Å². The van der Waals surface area contributed by atoms with Crippen LogP contribution in [0.25, 0.3) is 0 Å². The van der Waals surface area contributed by atoms with Gasteiger partial charge in [-0.05, 0) is 23.8 Å². The Morgan fingerprint density at radius 2 is 2.08 bits per heavy atom. The maximum atomic E-state index is 12.8. The first kappa shape index (κ1) is 18.3. The first-order valence-electron chi connectivity index (χ1n) is 7.79. The van der Waals surface area contributed by atoms with Crippen molar-refractivity contribution in [2.24, 2.45) is 0 Å². The average Bonchev–Trinajstić information content (AvgIpc) is 2.56. The summed E-state index contributed by atoms with van der Waals surface area (Å²) in [6.45, 7) is 0.745. The molecule has 2 heterocycles. The number of ether oxygens (including phenoxy) is 1. The van der Waals surface area contributed by atoms with Gasteiger partial charge in [0.2, 0.25) is 5.88 Å². The molecule has 5 nitrogen and oxygen atoms in total. The summed E-state index contributed by atoms with van der Waals surface area (Å²) in [6.07, 6.45) is -3.08. The Balaban J connectivity index is 1.48. The molecule has 0 saturated carbocycles. The van der Waals surface area contributed by atoms with Crippen LogP contribution in [0.4, 0.5) is 18.0 Å². The highest BCUT2D eigenvalue weighted by atomic mass is 35.5. The second kappa shape index (κ2) is 7.41. The lowest BCUT2D eigenvalue weighted by Gasteiger charge is -2.38. The van der Waals surface area contributed by atoms with E-state index >= 15 is 0 Å². The summed E-state index contributed by atoms with van der Waals surface area (Å²) in [7, 11) is 0. The molecule has 1 N–H and O–H groups in total. The molecule has 2 aromatic rings. The number of rotatable bonds is 4. The molecule has 138 valence electrons. The fourth-order valence-corrected chi connectivity index (χ4v) is 2.68. The highest BCUT2D eigenvalue weighted by Gasteiger charge is 2.34. The van der Waals surface area contributed by atoms with E-state index in [1.54, 1.807) is 24.4 Å². The molecule has 1 fully saturated rings. The molecule has 1 aromatic heterocycles. The first-order chi connectivity index (χ1) is 12.3. The molecule has 1 aromatic carbocycles. The molecule has 0 aliphatic carbocycles. The van der Waals surface area contributed by atoms with Crippen LogP contribution in [-0.2, 0) is 12.7 Å². The highest BCUT2D eigenvalue weighted by Crippen LogP contribution is 2.35. The third-order valence-corrected chi connectivity index (χ3v) is 4.17. The standard InChI is InChI=1S/C17H15ClF3N3O2/c18-14-5-4-11(7-13(14)17(19,20)21)8-23-16(25)24-9-12(10-24)26-15-3-1-2-6-22-15/h1-7,12H,8-10H2,(H,23,25). The van der Waals surface area contributed by atoms with Crippen LogP contribution in [0.1, 0.15) is 11.1 Å². The number of halogens is 4. The second-order valence-electron chi connectivity index (χ2n) is 5.78. The fourth-order valence-electron chi connectivity index (χ4n) is 2.46. The van der Waals surface area contributed by atoms with Gasteiger partial charge in [-0.15, -0.1) is 0 Å². The normalized spacial score (nSPS) is 14.7. The Morgan fingerprint density at radius 1 is 1.31 bits per heavy atom. The summed E-state index contributed by atoms with van der Waals surface area (Å²) in [5.41, 5.74) is -0.601. The number of pyridine rings is 1. The van der Waals surface area contributed by atoms with Gasteiger partial charge in [0.1, 0.15) is 6.10 Å². The fraction of sp³-hybridized carbons (Fsp3) is 0.294. The molecule has 3 rings (SSSR count). The maximum Gasteiger partial charge on any atom is 0.417 e. The summed E-state index contributed by atoms with van der Waals surface area (Å²) in [4.78, 5) is 17.6. The van der Waals surface area contributed by atoms with E-state index in [0.717, 1.165) is 6.07 Å². The number of likely N-dealkylation sites (tertiary alicyclic amines) is 1. The van der Waals surface area contributed by atoms with Crippen molar-refractivity contribution in [3.8, 4) is 5.88 Å². The molecule has 1 aliphatic heterocycles. The van der Waals surface area contributed by atoms with Crippen LogP contribution in [0, 0.1) is 0 Å². The second-order valence-corrected chi connectivity index (χ2v) is 6.19. The largest absolute Gasteiger partial charge is 0.471 e. The van der Waals surface area contributed by atoms with Crippen LogP contribution in [0.15, 0.2) is 42.6 Å². The van der Waals surface area contributed by atoms with Crippen molar-refractivity contribution in [3.05, 3.63) is 58.7 Å². The van der Waals surface area contributed by atoms with Crippen LogP contribution < -0.4 is 10.1 Å². The van der Waals surface area contributed by atoms with Gasteiger partial charge in [0.15, 0.2) is 0 Å². The van der Waals surface area contributed by atoms with Crippen LogP contribution in [0.5, 0.6) is 5.88 Å². The van der Waals surface area contributed by atoms with Gasteiger partial charge in [-0.3, -0.25) is 0 Å². The minimum absolute atomic E-state index is 0.0264. The molecule has 0 radical (unpaired) electrons. The summed E-state index contributed by atoms with van der Waals surface area (Å²) in [5, 5.41) is 2.22. The molecule has 1 saturated heterocycles. The topological polar surface area (TPSA) is 54.5 Å². The van der Waals surface area contributed by atoms with Crippen molar-refractivity contribution < 1.29 is 22.7 Å². The molecule has 0 bridgehead atoms. The van der Waals surface area contributed by atoms with Crippen LogP contribution in [0.3, 0.4) is 0 Å². The number of hydrogen-bond donors (Lipinski definition) is 1. The Bertz CT molecular complexity index is 781. The number of amides is 2. The number of aromatic nitrogens is 1. The summed E-state index contributed by atoms with van der Waals surface area (Å²) in [5.74, 6) is 0.485. The van der Waals surface area contributed by atoms with Gasteiger partial charge in [0, 0.05) is 18.8 Å². The molecule has 2 amide bonds. The van der Waals surface area contributed by atoms with Gasteiger partial charge in [-0.2, -0.15) is 13.2 Å². The predicted octanol–water partition coefficient (Wildman–Crippen LogP) is 3.73. The van der Waals surface area contributed by atoms with E-state index in [-0.39, 0.29) is 23.7 Å². The van der Waals surface area contributed by atoms with E-state index in [9.17, 15) is 18.0 Å². The molecule has 1 aliphatic rings. The zero-order valence-electron chi connectivity index (χ0n) is 13.5. The summed E-state index contributed by atoms with van der Waals surface area (Å²) < 4.78 is 44.1. The van der Waals surface area contributed by atoms with Crippen molar-refractivity contribution in [2.45, 2.75) is 18.8 Å². The molecule has 9 heteroatoms. The van der Waals surface area contributed by atoms with Gasteiger partial charge < -0.3 is 15.0 Å². The maximum absolute atomic E-state index is 12.8. The van der Waals surface area contributed by atoms with E-state index in [1.165, 1.54) is 17.0 Å². The van der Waals surface area contributed by atoms with Crippen molar-refractivity contribution in [1.82, 2.24) is 15.2 Å². The number of hydrogen-bond acceptors (Lipinski definition) is 3. The van der Waals surface area contributed by atoms with E-state index < -0.39 is 11.7 Å². The van der Waals surface area contributed by atoms with Crippen molar-refractivity contribution in [3.63, 3.8) is 0 Å². The van der Waals surface area contributed by atoms with Gasteiger partial charge in [0.25, 0.3) is 0 Å². The van der Waals surface area contributed by atoms with Gasteiger partial charge in [0.05, 0.1) is 23.7 Å². The van der Waals surface area contributed by atoms with E-state index in [4.69, 9.17) is 16.3 Å². The molecule has 0 spiro atoms. The third kappa shape index (κ3) is 4.37. The predicted molar refractivity (Wildman–Crippen MR) is 88.9 cm³/mol. The third-order valence-electron chi connectivity index (χ3n) is 3.84. The van der Waals surface area contributed by atoms with Crippen LogP contribution in [0.2, 0.25) is 5.02 Å². The number of nitrogens with zero attached hydrogens (tertiary/aromatic N) is 2. The Hall–Kier alpha value is -2.48. The molecular weight excluding hydrogens is 371 g/mol. The molecule has 26 heavy (non-hydrogen) atoms. The van der Waals surface area contributed by atoms with Crippen LogP contribution in [-0.4, -0.2) is 35.1 Å². The molecular formula is C17H15ClF3N3O2. The minimum atomic E-state index is -4.54. The molecule has 0 atom stereocenters. The van der Waals surface area contributed by atoms with Crippen molar-refractivity contribution in [2.75, 3.05) is 13.1 Å². The molecule has 0 unspecified atom stereocenters. The zero-order valence-corrected chi connectivity index (χ0v) is 14.2. The van der Waals surface area contributed by atoms with E-state index in [1.807, 2.05) is 0 Å². The Kier molecular flexibility index (Phi) is 5.22.